The van der Waals surface area contributed by atoms with Crippen LogP contribution in [0.4, 0.5) is 0 Å². The smallest absolute Gasteiger partial charge is 0.233 e. The van der Waals surface area contributed by atoms with Crippen LogP contribution < -0.4 is 10.1 Å². The lowest BCUT2D eigenvalue weighted by Gasteiger charge is -2.16. The summed E-state index contributed by atoms with van der Waals surface area (Å²) < 4.78 is 8.02. The molecule has 0 radical (unpaired) electrons. The molecule has 4 rings (SSSR count). The van der Waals surface area contributed by atoms with E-state index in [0.29, 0.717) is 23.9 Å². The second-order valence-electron chi connectivity index (χ2n) is 7.84. The zero-order valence-electron chi connectivity index (χ0n) is 19.3. The van der Waals surface area contributed by atoms with Gasteiger partial charge in [0.05, 0.1) is 5.25 Å². The van der Waals surface area contributed by atoms with Crippen molar-refractivity contribution in [3.63, 3.8) is 0 Å². The fourth-order valence-electron chi connectivity index (χ4n) is 3.52. The minimum Gasteiger partial charge on any atom is -0.485 e. The second kappa shape index (κ2) is 11.5. The van der Waals surface area contributed by atoms with Gasteiger partial charge in [-0.2, -0.15) is 0 Å². The van der Waals surface area contributed by atoms with Gasteiger partial charge >= 0.3 is 0 Å². The Labute approximate surface area is 204 Å². The quantitative estimate of drug-likeness (QED) is 0.316. The zero-order valence-corrected chi connectivity index (χ0v) is 20.2. The predicted molar refractivity (Wildman–Crippen MR) is 135 cm³/mol. The standard InChI is InChI=1S/C27H28N4O2S/c1-3-24(26(32)28-18-21-13-6-4-7-14-21)34-27-30-29-25(31(27)22-15-8-5-9-16-22)19-33-23-17-11-10-12-20(23)2/h4-17,24H,3,18-19H2,1-2H3,(H,28,32). The number of nitrogens with zero attached hydrogens (tertiary/aromatic N) is 3. The van der Waals surface area contributed by atoms with E-state index in [1.807, 2.05) is 103 Å². The van der Waals surface area contributed by atoms with Crippen molar-refractivity contribution in [3.05, 3.63) is 102 Å². The minimum atomic E-state index is -0.291. The largest absolute Gasteiger partial charge is 0.485 e. The van der Waals surface area contributed by atoms with E-state index in [-0.39, 0.29) is 17.8 Å². The Bertz CT molecular complexity index is 1210. The van der Waals surface area contributed by atoms with E-state index in [2.05, 4.69) is 15.5 Å². The molecule has 1 aromatic heterocycles. The van der Waals surface area contributed by atoms with Crippen LogP contribution in [0, 0.1) is 6.92 Å². The van der Waals surface area contributed by atoms with Gasteiger partial charge in [-0.15, -0.1) is 10.2 Å². The van der Waals surface area contributed by atoms with Gasteiger partial charge in [-0.1, -0.05) is 85.4 Å². The molecule has 0 fully saturated rings. The number of benzene rings is 3. The fourth-order valence-corrected chi connectivity index (χ4v) is 4.53. The molecule has 7 heteroatoms. The highest BCUT2D eigenvalue weighted by Crippen LogP contribution is 2.28. The summed E-state index contributed by atoms with van der Waals surface area (Å²) in [6, 6.07) is 27.7. The van der Waals surface area contributed by atoms with Crippen molar-refractivity contribution in [2.24, 2.45) is 0 Å². The number of rotatable bonds is 10. The molecule has 4 aromatic rings. The lowest BCUT2D eigenvalue weighted by atomic mass is 10.2. The normalized spacial score (nSPS) is 11.7. The average Bonchev–Trinajstić information content (AvgIpc) is 3.28. The van der Waals surface area contributed by atoms with Crippen LogP contribution in [-0.4, -0.2) is 25.9 Å². The Morgan fingerprint density at radius 2 is 1.65 bits per heavy atom. The highest BCUT2D eigenvalue weighted by molar-refractivity contribution is 8.00. The summed E-state index contributed by atoms with van der Waals surface area (Å²) in [5.74, 6) is 1.47. The van der Waals surface area contributed by atoms with Crippen LogP contribution in [-0.2, 0) is 17.9 Å². The number of amides is 1. The highest BCUT2D eigenvalue weighted by atomic mass is 32.2. The molecule has 1 N–H and O–H groups in total. The van der Waals surface area contributed by atoms with Gasteiger partial charge in [0, 0.05) is 12.2 Å². The molecule has 0 saturated carbocycles. The first-order valence-corrected chi connectivity index (χ1v) is 12.2. The Kier molecular flexibility index (Phi) is 7.99. The first-order valence-electron chi connectivity index (χ1n) is 11.3. The van der Waals surface area contributed by atoms with Crippen molar-refractivity contribution in [3.8, 4) is 11.4 Å². The third-order valence-corrected chi connectivity index (χ3v) is 6.69. The molecule has 0 bridgehead atoms. The SMILES string of the molecule is CCC(Sc1nnc(COc2ccccc2C)n1-c1ccccc1)C(=O)NCc1ccccc1. The second-order valence-corrected chi connectivity index (χ2v) is 9.01. The Balaban J connectivity index is 1.53. The van der Waals surface area contributed by atoms with Crippen molar-refractivity contribution >= 4 is 17.7 Å². The molecule has 1 atom stereocenters. The van der Waals surface area contributed by atoms with E-state index >= 15 is 0 Å². The van der Waals surface area contributed by atoms with Crippen LogP contribution in [0.1, 0.15) is 30.3 Å². The monoisotopic (exact) mass is 472 g/mol. The van der Waals surface area contributed by atoms with Gasteiger partial charge in [0.15, 0.2) is 11.0 Å². The van der Waals surface area contributed by atoms with Crippen molar-refractivity contribution < 1.29 is 9.53 Å². The Morgan fingerprint density at radius 1 is 0.971 bits per heavy atom. The number of para-hydroxylation sites is 2. The van der Waals surface area contributed by atoms with Crippen molar-refractivity contribution in [1.82, 2.24) is 20.1 Å². The summed E-state index contributed by atoms with van der Waals surface area (Å²) in [6.45, 7) is 4.78. The van der Waals surface area contributed by atoms with Crippen LogP contribution in [0.2, 0.25) is 0 Å². The van der Waals surface area contributed by atoms with E-state index in [9.17, 15) is 4.79 Å². The van der Waals surface area contributed by atoms with E-state index in [0.717, 1.165) is 22.6 Å². The highest BCUT2D eigenvalue weighted by Gasteiger charge is 2.23. The van der Waals surface area contributed by atoms with Gasteiger partial charge in [0.1, 0.15) is 12.4 Å². The van der Waals surface area contributed by atoms with Crippen LogP contribution in [0.25, 0.3) is 5.69 Å². The molecule has 1 unspecified atom stereocenters. The third-order valence-electron chi connectivity index (χ3n) is 5.39. The molecule has 0 spiro atoms. The summed E-state index contributed by atoms with van der Waals surface area (Å²) >= 11 is 1.42. The van der Waals surface area contributed by atoms with E-state index in [1.165, 1.54) is 11.8 Å². The Morgan fingerprint density at radius 3 is 2.35 bits per heavy atom. The summed E-state index contributed by atoms with van der Waals surface area (Å²) in [4.78, 5) is 12.9. The average molecular weight is 473 g/mol. The first kappa shape index (κ1) is 23.6. The van der Waals surface area contributed by atoms with Crippen LogP contribution in [0.15, 0.2) is 90.1 Å². The topological polar surface area (TPSA) is 69.0 Å². The van der Waals surface area contributed by atoms with Crippen LogP contribution >= 0.6 is 11.8 Å². The van der Waals surface area contributed by atoms with Gasteiger partial charge in [0.25, 0.3) is 0 Å². The first-order chi connectivity index (χ1) is 16.7. The van der Waals surface area contributed by atoms with Crippen LogP contribution in [0.5, 0.6) is 5.75 Å². The molecule has 1 amide bonds. The van der Waals surface area contributed by atoms with Gasteiger partial charge in [-0.3, -0.25) is 9.36 Å². The van der Waals surface area contributed by atoms with E-state index in [4.69, 9.17) is 4.74 Å². The molecule has 3 aromatic carbocycles. The summed E-state index contributed by atoms with van der Waals surface area (Å²) in [6.07, 6.45) is 0.669. The molecular weight excluding hydrogens is 444 g/mol. The van der Waals surface area contributed by atoms with Crippen molar-refractivity contribution in [2.75, 3.05) is 0 Å². The number of ether oxygens (including phenoxy) is 1. The third kappa shape index (κ3) is 5.85. The molecule has 1 heterocycles. The number of hydrogen-bond donors (Lipinski definition) is 1. The van der Waals surface area contributed by atoms with Crippen molar-refractivity contribution in [1.29, 1.82) is 0 Å². The van der Waals surface area contributed by atoms with Crippen molar-refractivity contribution in [2.45, 2.75) is 43.8 Å². The number of carbonyl (C=O) groups is 1. The maximum atomic E-state index is 12.9. The molecule has 34 heavy (non-hydrogen) atoms. The van der Waals surface area contributed by atoms with Gasteiger partial charge in [-0.05, 0) is 42.7 Å². The number of aromatic nitrogens is 3. The predicted octanol–water partition coefficient (Wildman–Crippen LogP) is 5.34. The lowest BCUT2D eigenvalue weighted by Crippen LogP contribution is -2.32. The number of carbonyl (C=O) groups excluding carboxylic acids is 1. The number of aryl methyl sites for hydroxylation is 1. The van der Waals surface area contributed by atoms with Gasteiger partial charge < -0.3 is 10.1 Å². The molecule has 0 aliphatic rings. The minimum absolute atomic E-state index is 0.0170. The summed E-state index contributed by atoms with van der Waals surface area (Å²) in [5, 5.41) is 12.3. The molecule has 174 valence electrons. The lowest BCUT2D eigenvalue weighted by molar-refractivity contribution is -0.120. The Hall–Kier alpha value is -3.58. The molecule has 0 aliphatic carbocycles. The number of hydrogen-bond acceptors (Lipinski definition) is 5. The molecular formula is C27H28N4O2S. The summed E-state index contributed by atoms with van der Waals surface area (Å²) in [7, 11) is 0. The van der Waals surface area contributed by atoms with E-state index < -0.39 is 0 Å². The zero-order chi connectivity index (χ0) is 23.8. The van der Waals surface area contributed by atoms with Gasteiger partial charge in [-0.25, -0.2) is 0 Å². The van der Waals surface area contributed by atoms with Crippen LogP contribution in [0.3, 0.4) is 0 Å². The summed E-state index contributed by atoms with van der Waals surface area (Å²) in [5.41, 5.74) is 3.06. The number of nitrogens with one attached hydrogen (secondary N) is 1. The van der Waals surface area contributed by atoms with Gasteiger partial charge in [0.2, 0.25) is 5.91 Å². The fraction of sp³-hybridized carbons (Fsp3) is 0.222. The van der Waals surface area contributed by atoms with E-state index in [1.54, 1.807) is 0 Å². The maximum absolute atomic E-state index is 12.9. The molecule has 0 aliphatic heterocycles. The number of thioether (sulfide) groups is 1. The molecule has 6 nitrogen and oxygen atoms in total. The maximum Gasteiger partial charge on any atom is 0.233 e. The molecule has 0 saturated heterocycles.